The zero-order valence-corrected chi connectivity index (χ0v) is 9.98. The molecule has 1 aromatic heterocycles. The highest BCUT2D eigenvalue weighted by molar-refractivity contribution is 5.63. The van der Waals surface area contributed by atoms with Gasteiger partial charge in [-0.15, -0.1) is 0 Å². The highest BCUT2D eigenvalue weighted by Gasteiger charge is 2.14. The minimum Gasteiger partial charge on any atom is -0.508 e. The number of nitrogens with zero attached hydrogens (tertiary/aromatic N) is 3. The fraction of sp³-hybridized carbons (Fsp3) is 0.0833. The number of nitro benzene ring substituents is 1. The van der Waals surface area contributed by atoms with Gasteiger partial charge < -0.3 is 10.4 Å². The van der Waals surface area contributed by atoms with Crippen molar-refractivity contribution in [2.24, 2.45) is 0 Å². The number of anilines is 1. The standard InChI is InChI=1S/C12H12N4O3/c1-2-15-8-9(7-14-15)6-13-11-4-3-10(17)5-12(11)16(18)19/h2-5,7-8,13,17H,1,6H2. The Balaban J connectivity index is 2.14. The second-order valence-electron chi connectivity index (χ2n) is 3.82. The topological polar surface area (TPSA) is 93.2 Å². The number of benzene rings is 1. The minimum absolute atomic E-state index is 0.142. The normalized spacial score (nSPS) is 10.1. The Morgan fingerprint density at radius 1 is 1.58 bits per heavy atom. The first-order valence-electron chi connectivity index (χ1n) is 5.47. The molecule has 0 fully saturated rings. The predicted octanol–water partition coefficient (Wildman–Crippen LogP) is 2.21. The number of hydrogen-bond acceptors (Lipinski definition) is 5. The molecule has 7 heteroatoms. The molecule has 0 aliphatic rings. The summed E-state index contributed by atoms with van der Waals surface area (Å²) in [5.41, 5.74) is 1.03. The van der Waals surface area contributed by atoms with Gasteiger partial charge in [0.1, 0.15) is 11.4 Å². The summed E-state index contributed by atoms with van der Waals surface area (Å²) in [7, 11) is 0. The number of phenolic OH excluding ortho intramolecular Hbond substituents is 1. The number of aromatic hydroxyl groups is 1. The zero-order valence-electron chi connectivity index (χ0n) is 9.98. The first-order valence-corrected chi connectivity index (χ1v) is 5.47. The van der Waals surface area contributed by atoms with Crippen LogP contribution in [0.4, 0.5) is 11.4 Å². The van der Waals surface area contributed by atoms with Gasteiger partial charge in [0, 0.05) is 24.5 Å². The summed E-state index contributed by atoms with van der Waals surface area (Å²) >= 11 is 0. The monoisotopic (exact) mass is 260 g/mol. The summed E-state index contributed by atoms with van der Waals surface area (Å²) in [4.78, 5) is 10.3. The van der Waals surface area contributed by atoms with Crippen molar-refractivity contribution in [2.75, 3.05) is 5.32 Å². The Morgan fingerprint density at radius 2 is 2.37 bits per heavy atom. The number of nitrogens with one attached hydrogen (secondary N) is 1. The molecule has 19 heavy (non-hydrogen) atoms. The molecule has 0 spiro atoms. The minimum atomic E-state index is -0.546. The maximum absolute atomic E-state index is 10.9. The lowest BCUT2D eigenvalue weighted by Gasteiger charge is -2.05. The molecule has 0 atom stereocenters. The quantitative estimate of drug-likeness (QED) is 0.488. The van der Waals surface area contributed by atoms with Crippen molar-refractivity contribution in [3.8, 4) is 5.75 Å². The summed E-state index contributed by atoms with van der Waals surface area (Å²) in [6.45, 7) is 3.96. The van der Waals surface area contributed by atoms with Gasteiger partial charge in [-0.1, -0.05) is 6.58 Å². The first kappa shape index (κ1) is 12.6. The van der Waals surface area contributed by atoms with Crippen molar-refractivity contribution in [3.63, 3.8) is 0 Å². The van der Waals surface area contributed by atoms with Crippen LogP contribution in [-0.4, -0.2) is 19.8 Å². The fourth-order valence-corrected chi connectivity index (χ4v) is 1.59. The molecule has 98 valence electrons. The number of aromatic nitrogens is 2. The Hall–Kier alpha value is -2.83. The van der Waals surface area contributed by atoms with Crippen molar-refractivity contribution >= 4 is 17.6 Å². The van der Waals surface area contributed by atoms with Gasteiger partial charge in [0.05, 0.1) is 17.2 Å². The predicted molar refractivity (Wildman–Crippen MR) is 70.7 cm³/mol. The van der Waals surface area contributed by atoms with Gasteiger partial charge >= 0.3 is 0 Å². The third-order valence-corrected chi connectivity index (χ3v) is 2.50. The number of phenols is 1. The van der Waals surface area contributed by atoms with Crippen LogP contribution in [0, 0.1) is 10.1 Å². The van der Waals surface area contributed by atoms with Crippen LogP contribution in [0.1, 0.15) is 5.56 Å². The van der Waals surface area contributed by atoms with Gasteiger partial charge in [0.2, 0.25) is 0 Å². The van der Waals surface area contributed by atoms with Gasteiger partial charge in [0.15, 0.2) is 0 Å². The average molecular weight is 260 g/mol. The molecule has 0 amide bonds. The van der Waals surface area contributed by atoms with Crippen LogP contribution in [0.3, 0.4) is 0 Å². The summed E-state index contributed by atoms with van der Waals surface area (Å²) in [6, 6.07) is 3.96. The molecule has 1 aromatic carbocycles. The third-order valence-electron chi connectivity index (χ3n) is 2.50. The van der Waals surface area contributed by atoms with E-state index in [9.17, 15) is 15.2 Å². The van der Waals surface area contributed by atoms with Crippen LogP contribution >= 0.6 is 0 Å². The molecule has 0 aliphatic heterocycles. The molecule has 2 N–H and O–H groups in total. The van der Waals surface area contributed by atoms with E-state index in [2.05, 4.69) is 17.0 Å². The van der Waals surface area contributed by atoms with Crippen LogP contribution in [0.5, 0.6) is 5.75 Å². The largest absolute Gasteiger partial charge is 0.508 e. The van der Waals surface area contributed by atoms with Gasteiger partial charge in [-0.05, 0) is 12.1 Å². The van der Waals surface area contributed by atoms with Gasteiger partial charge in [0.25, 0.3) is 5.69 Å². The van der Waals surface area contributed by atoms with Gasteiger partial charge in [-0.3, -0.25) is 10.1 Å². The van der Waals surface area contributed by atoms with E-state index in [1.807, 2.05) is 0 Å². The number of rotatable bonds is 5. The molecule has 0 saturated heterocycles. The highest BCUT2D eigenvalue weighted by atomic mass is 16.6. The molecule has 0 aliphatic carbocycles. The van der Waals surface area contributed by atoms with Crippen LogP contribution in [-0.2, 0) is 6.54 Å². The summed E-state index contributed by atoms with van der Waals surface area (Å²) in [5, 5.41) is 27.0. The van der Waals surface area contributed by atoms with Crippen molar-refractivity contribution in [1.82, 2.24) is 9.78 Å². The molecule has 2 rings (SSSR count). The maximum atomic E-state index is 10.9. The second-order valence-corrected chi connectivity index (χ2v) is 3.82. The summed E-state index contributed by atoms with van der Waals surface area (Å²) < 4.78 is 1.54. The summed E-state index contributed by atoms with van der Waals surface area (Å²) in [5.74, 6) is -0.142. The van der Waals surface area contributed by atoms with Crippen molar-refractivity contribution in [2.45, 2.75) is 6.54 Å². The molecule has 0 saturated carbocycles. The molecule has 0 radical (unpaired) electrons. The number of nitro groups is 1. The molecule has 0 bridgehead atoms. The lowest BCUT2D eigenvalue weighted by Crippen LogP contribution is -2.01. The van der Waals surface area contributed by atoms with Gasteiger partial charge in [-0.2, -0.15) is 5.10 Å². The SMILES string of the molecule is C=Cn1cc(CNc2ccc(O)cc2[N+](=O)[O-])cn1. The number of hydrogen-bond donors (Lipinski definition) is 2. The van der Waals surface area contributed by atoms with E-state index >= 15 is 0 Å². The van der Waals surface area contributed by atoms with E-state index < -0.39 is 4.92 Å². The first-order chi connectivity index (χ1) is 9.10. The van der Waals surface area contributed by atoms with Crippen LogP contribution < -0.4 is 5.32 Å². The Bertz CT molecular complexity index is 621. The molecule has 0 unspecified atom stereocenters. The van der Waals surface area contributed by atoms with E-state index in [0.29, 0.717) is 12.2 Å². The third kappa shape index (κ3) is 2.89. The highest BCUT2D eigenvalue weighted by Crippen LogP contribution is 2.28. The fourth-order valence-electron chi connectivity index (χ4n) is 1.59. The lowest BCUT2D eigenvalue weighted by atomic mass is 10.2. The molecule has 1 heterocycles. The smallest absolute Gasteiger partial charge is 0.296 e. The lowest BCUT2D eigenvalue weighted by molar-refractivity contribution is -0.384. The van der Waals surface area contributed by atoms with Gasteiger partial charge in [-0.25, -0.2) is 4.68 Å². The van der Waals surface area contributed by atoms with Crippen molar-refractivity contribution in [1.29, 1.82) is 0 Å². The van der Waals surface area contributed by atoms with E-state index in [0.717, 1.165) is 11.6 Å². The van der Waals surface area contributed by atoms with Crippen LogP contribution in [0.25, 0.3) is 6.20 Å². The van der Waals surface area contributed by atoms with Crippen molar-refractivity contribution in [3.05, 3.63) is 52.8 Å². The van der Waals surface area contributed by atoms with Crippen LogP contribution in [0.2, 0.25) is 0 Å². The molecule has 7 nitrogen and oxygen atoms in total. The van der Waals surface area contributed by atoms with Crippen molar-refractivity contribution < 1.29 is 10.0 Å². The average Bonchev–Trinajstić information content (AvgIpc) is 2.85. The molecule has 2 aromatic rings. The van der Waals surface area contributed by atoms with E-state index in [1.165, 1.54) is 12.1 Å². The second kappa shape index (κ2) is 5.21. The van der Waals surface area contributed by atoms with E-state index in [1.54, 1.807) is 23.3 Å². The maximum Gasteiger partial charge on any atom is 0.296 e. The van der Waals surface area contributed by atoms with E-state index in [-0.39, 0.29) is 11.4 Å². The Morgan fingerprint density at radius 3 is 3.00 bits per heavy atom. The Labute approximate surface area is 108 Å². The Kier molecular flexibility index (Phi) is 3.46. The molecular weight excluding hydrogens is 248 g/mol. The molecular formula is C12H12N4O3. The summed E-state index contributed by atoms with van der Waals surface area (Å²) in [6.07, 6.45) is 4.94. The van der Waals surface area contributed by atoms with Crippen LogP contribution in [0.15, 0.2) is 37.2 Å². The van der Waals surface area contributed by atoms with E-state index in [4.69, 9.17) is 0 Å². The zero-order chi connectivity index (χ0) is 13.8.